The van der Waals surface area contributed by atoms with E-state index in [1.165, 1.54) is 18.3 Å². The van der Waals surface area contributed by atoms with Gasteiger partial charge in [-0.25, -0.2) is 4.98 Å². The molecule has 0 radical (unpaired) electrons. The van der Waals surface area contributed by atoms with Crippen LogP contribution in [0.15, 0.2) is 41.4 Å². The zero-order valence-electron chi connectivity index (χ0n) is 15.0. The standard InChI is InChI=1S/C18H19N5O3S/c1-13-4-6-16(7-5-13)27(24,25)26-9-3-8-20-17-10-14(2)22-18-15(11-19)12-21-23(17)18/h4-7,10,12,20H,3,8-9H2,1-2H3. The fourth-order valence-electron chi connectivity index (χ4n) is 2.52. The normalized spacial score (nSPS) is 11.4. The molecule has 1 N–H and O–H groups in total. The Morgan fingerprint density at radius 2 is 2.00 bits per heavy atom. The lowest BCUT2D eigenvalue weighted by atomic mass is 10.2. The summed E-state index contributed by atoms with van der Waals surface area (Å²) in [7, 11) is -3.75. The van der Waals surface area contributed by atoms with E-state index in [-0.39, 0.29) is 11.5 Å². The number of fused-ring (bicyclic) bond motifs is 1. The van der Waals surface area contributed by atoms with Crippen molar-refractivity contribution in [2.45, 2.75) is 25.2 Å². The second-order valence-corrected chi connectivity index (χ2v) is 7.67. The number of hydrogen-bond acceptors (Lipinski definition) is 7. The summed E-state index contributed by atoms with van der Waals surface area (Å²) in [6, 6.07) is 10.4. The Morgan fingerprint density at radius 3 is 2.70 bits per heavy atom. The van der Waals surface area contributed by atoms with E-state index >= 15 is 0 Å². The molecule has 0 aliphatic heterocycles. The van der Waals surface area contributed by atoms with E-state index in [1.54, 1.807) is 16.6 Å². The van der Waals surface area contributed by atoms with Crippen molar-refractivity contribution in [3.63, 3.8) is 0 Å². The number of aryl methyl sites for hydroxylation is 2. The minimum absolute atomic E-state index is 0.0545. The summed E-state index contributed by atoms with van der Waals surface area (Å²) >= 11 is 0. The number of nitrogens with zero attached hydrogens (tertiary/aromatic N) is 4. The minimum atomic E-state index is -3.75. The first-order chi connectivity index (χ1) is 12.9. The van der Waals surface area contributed by atoms with Gasteiger partial charge in [-0.2, -0.15) is 23.3 Å². The first-order valence-electron chi connectivity index (χ1n) is 8.36. The molecular formula is C18H19N5O3S. The van der Waals surface area contributed by atoms with Crippen LogP contribution in [0.5, 0.6) is 0 Å². The highest BCUT2D eigenvalue weighted by atomic mass is 32.2. The van der Waals surface area contributed by atoms with Gasteiger partial charge in [-0.3, -0.25) is 4.18 Å². The van der Waals surface area contributed by atoms with Crippen molar-refractivity contribution < 1.29 is 12.6 Å². The second kappa shape index (κ2) is 7.73. The Labute approximate surface area is 157 Å². The molecule has 0 aliphatic rings. The summed E-state index contributed by atoms with van der Waals surface area (Å²) in [4.78, 5) is 4.46. The summed E-state index contributed by atoms with van der Waals surface area (Å²) in [5.41, 5.74) is 2.61. The molecular weight excluding hydrogens is 366 g/mol. The molecule has 9 heteroatoms. The molecule has 2 aromatic heterocycles. The van der Waals surface area contributed by atoms with Crippen molar-refractivity contribution >= 4 is 21.6 Å². The highest BCUT2D eigenvalue weighted by Crippen LogP contribution is 2.16. The molecule has 8 nitrogen and oxygen atoms in total. The molecule has 27 heavy (non-hydrogen) atoms. The molecule has 3 aromatic rings. The average molecular weight is 385 g/mol. The van der Waals surface area contributed by atoms with Crippen LogP contribution in [0.25, 0.3) is 5.65 Å². The summed E-state index contributed by atoms with van der Waals surface area (Å²) in [5.74, 6) is 0.681. The SMILES string of the molecule is Cc1ccc(S(=O)(=O)OCCCNc2cc(C)nc3c(C#N)cnn23)cc1. The predicted octanol–water partition coefficient (Wildman–Crippen LogP) is 2.43. The summed E-state index contributed by atoms with van der Waals surface area (Å²) in [5, 5.41) is 16.4. The third-order valence-corrected chi connectivity index (χ3v) is 5.22. The van der Waals surface area contributed by atoms with Gasteiger partial charge in [-0.1, -0.05) is 17.7 Å². The largest absolute Gasteiger partial charge is 0.370 e. The fourth-order valence-corrected chi connectivity index (χ4v) is 3.46. The van der Waals surface area contributed by atoms with Crippen LogP contribution < -0.4 is 5.32 Å². The number of nitrogens with one attached hydrogen (secondary N) is 1. The molecule has 1 aromatic carbocycles. The van der Waals surface area contributed by atoms with Gasteiger partial charge in [0.25, 0.3) is 10.1 Å². The summed E-state index contributed by atoms with van der Waals surface area (Å²) < 4.78 is 30.9. The van der Waals surface area contributed by atoms with Crippen LogP contribution in [0.4, 0.5) is 5.82 Å². The topological polar surface area (TPSA) is 109 Å². The molecule has 2 heterocycles. The number of aromatic nitrogens is 3. The molecule has 0 saturated carbocycles. The highest BCUT2D eigenvalue weighted by Gasteiger charge is 2.14. The van der Waals surface area contributed by atoms with Crippen LogP contribution in [-0.4, -0.2) is 36.2 Å². The Kier molecular flexibility index (Phi) is 5.39. The van der Waals surface area contributed by atoms with Gasteiger partial charge in [0.2, 0.25) is 0 Å². The Bertz CT molecular complexity index is 1100. The predicted molar refractivity (Wildman–Crippen MR) is 99.9 cm³/mol. The van der Waals surface area contributed by atoms with Crippen LogP contribution in [-0.2, 0) is 14.3 Å². The van der Waals surface area contributed by atoms with Gasteiger partial charge in [0.05, 0.1) is 17.7 Å². The molecule has 0 unspecified atom stereocenters. The lowest BCUT2D eigenvalue weighted by Gasteiger charge is -2.10. The van der Waals surface area contributed by atoms with E-state index in [2.05, 4.69) is 21.5 Å². The Balaban J connectivity index is 1.58. The first-order valence-corrected chi connectivity index (χ1v) is 9.77. The lowest BCUT2D eigenvalue weighted by Crippen LogP contribution is -2.13. The van der Waals surface area contributed by atoms with Crippen LogP contribution in [0.1, 0.15) is 23.2 Å². The number of benzene rings is 1. The van der Waals surface area contributed by atoms with Gasteiger partial charge in [0.1, 0.15) is 17.5 Å². The minimum Gasteiger partial charge on any atom is -0.370 e. The second-order valence-electron chi connectivity index (χ2n) is 6.06. The molecule has 0 fully saturated rings. The zero-order chi connectivity index (χ0) is 19.4. The van der Waals surface area contributed by atoms with Crippen LogP contribution in [0, 0.1) is 25.2 Å². The van der Waals surface area contributed by atoms with E-state index in [4.69, 9.17) is 9.44 Å². The maximum Gasteiger partial charge on any atom is 0.296 e. The molecule has 0 saturated heterocycles. The van der Waals surface area contributed by atoms with Gasteiger partial charge < -0.3 is 5.32 Å². The quantitative estimate of drug-likeness (QED) is 0.491. The maximum atomic E-state index is 12.1. The number of hydrogen-bond donors (Lipinski definition) is 1. The van der Waals surface area contributed by atoms with E-state index < -0.39 is 10.1 Å². The molecule has 3 rings (SSSR count). The maximum absolute atomic E-state index is 12.1. The third-order valence-electron chi connectivity index (χ3n) is 3.90. The number of anilines is 1. The molecule has 0 atom stereocenters. The van der Waals surface area contributed by atoms with Gasteiger partial charge in [0.15, 0.2) is 5.65 Å². The van der Waals surface area contributed by atoms with E-state index in [9.17, 15) is 8.42 Å². The smallest absolute Gasteiger partial charge is 0.296 e. The van der Waals surface area contributed by atoms with Gasteiger partial charge in [-0.05, 0) is 32.4 Å². The fraction of sp³-hybridized carbons (Fsp3) is 0.278. The van der Waals surface area contributed by atoms with E-state index in [1.807, 2.05) is 19.9 Å². The van der Waals surface area contributed by atoms with Crippen LogP contribution in [0.3, 0.4) is 0 Å². The molecule has 140 valence electrons. The van der Waals surface area contributed by atoms with E-state index in [0.717, 1.165) is 11.3 Å². The van der Waals surface area contributed by atoms with Crippen molar-refractivity contribution in [1.29, 1.82) is 5.26 Å². The monoisotopic (exact) mass is 385 g/mol. The van der Waals surface area contributed by atoms with Crippen LogP contribution >= 0.6 is 0 Å². The third kappa shape index (κ3) is 4.24. The van der Waals surface area contributed by atoms with Gasteiger partial charge >= 0.3 is 0 Å². The Morgan fingerprint density at radius 1 is 1.26 bits per heavy atom. The highest BCUT2D eigenvalue weighted by molar-refractivity contribution is 7.86. The first kappa shape index (κ1) is 18.8. The lowest BCUT2D eigenvalue weighted by molar-refractivity contribution is 0.316. The van der Waals surface area contributed by atoms with Crippen molar-refractivity contribution in [2.24, 2.45) is 0 Å². The van der Waals surface area contributed by atoms with Crippen LogP contribution in [0.2, 0.25) is 0 Å². The zero-order valence-corrected chi connectivity index (χ0v) is 15.8. The molecule has 0 aliphatic carbocycles. The van der Waals surface area contributed by atoms with Gasteiger partial charge in [0, 0.05) is 18.3 Å². The molecule has 0 amide bonds. The number of rotatable bonds is 7. The van der Waals surface area contributed by atoms with Crippen molar-refractivity contribution in [1.82, 2.24) is 14.6 Å². The molecule has 0 bridgehead atoms. The Hall–Kier alpha value is -2.96. The van der Waals surface area contributed by atoms with Gasteiger partial charge in [-0.15, -0.1) is 0 Å². The van der Waals surface area contributed by atoms with Crippen molar-refractivity contribution in [3.05, 3.63) is 53.3 Å². The van der Waals surface area contributed by atoms with Crippen molar-refractivity contribution in [3.8, 4) is 6.07 Å². The van der Waals surface area contributed by atoms with Crippen molar-refractivity contribution in [2.75, 3.05) is 18.5 Å². The summed E-state index contributed by atoms with van der Waals surface area (Å²) in [6.45, 7) is 4.25. The summed E-state index contributed by atoms with van der Waals surface area (Å²) in [6.07, 6.45) is 1.94. The molecule has 0 spiro atoms. The van der Waals surface area contributed by atoms with E-state index in [0.29, 0.717) is 30.0 Å². The average Bonchev–Trinajstić information content (AvgIpc) is 3.04. The number of nitriles is 1.